The van der Waals surface area contributed by atoms with Crippen LogP contribution in [0.25, 0.3) is 0 Å². The molecule has 29 heavy (non-hydrogen) atoms. The monoisotopic (exact) mass is 408 g/mol. The Bertz CT molecular complexity index is 786. The van der Waals surface area contributed by atoms with E-state index in [1.54, 1.807) is 0 Å². The molecule has 0 saturated carbocycles. The van der Waals surface area contributed by atoms with Crippen LogP contribution >= 0.6 is 11.8 Å². The number of rotatable bonds is 9. The Kier molecular flexibility index (Phi) is 8.57. The molecule has 1 heterocycles. The Morgan fingerprint density at radius 1 is 1.03 bits per heavy atom. The summed E-state index contributed by atoms with van der Waals surface area (Å²) in [5.41, 5.74) is 1.04. The van der Waals surface area contributed by atoms with Crippen LogP contribution < -0.4 is 5.32 Å². The van der Waals surface area contributed by atoms with Crippen LogP contribution in [0, 0.1) is 11.3 Å². The third-order valence-corrected chi connectivity index (χ3v) is 6.13. The third kappa shape index (κ3) is 6.90. The van der Waals surface area contributed by atoms with Crippen molar-refractivity contribution in [2.45, 2.75) is 17.4 Å². The highest BCUT2D eigenvalue weighted by Crippen LogP contribution is 2.21. The molecule has 0 unspecified atom stereocenters. The summed E-state index contributed by atoms with van der Waals surface area (Å²) >= 11 is 1.82. The Morgan fingerprint density at radius 3 is 2.34 bits per heavy atom. The minimum Gasteiger partial charge on any atom is -0.355 e. The van der Waals surface area contributed by atoms with Gasteiger partial charge in [0.2, 0.25) is 5.91 Å². The molecule has 0 spiro atoms. The second kappa shape index (κ2) is 11.6. The summed E-state index contributed by atoms with van der Waals surface area (Å²) in [6.07, 6.45) is 0.958. The number of hydrogen-bond donors (Lipinski definition) is 1. The first-order valence-electron chi connectivity index (χ1n) is 10.1. The summed E-state index contributed by atoms with van der Waals surface area (Å²) in [5.74, 6) is 1.08. The van der Waals surface area contributed by atoms with Crippen LogP contribution in [0.3, 0.4) is 0 Å². The van der Waals surface area contributed by atoms with E-state index in [4.69, 9.17) is 0 Å². The number of amides is 1. The van der Waals surface area contributed by atoms with E-state index in [2.05, 4.69) is 33.3 Å². The second-order valence-corrected chi connectivity index (χ2v) is 8.29. The average Bonchev–Trinajstić information content (AvgIpc) is 2.77. The van der Waals surface area contributed by atoms with Gasteiger partial charge in [-0.1, -0.05) is 48.5 Å². The summed E-state index contributed by atoms with van der Waals surface area (Å²) in [6, 6.07) is 22.4. The Balaban J connectivity index is 1.32. The van der Waals surface area contributed by atoms with Gasteiger partial charge in [0.1, 0.15) is 6.04 Å². The van der Waals surface area contributed by atoms with Gasteiger partial charge in [0.05, 0.1) is 12.6 Å². The lowest BCUT2D eigenvalue weighted by molar-refractivity contribution is -0.122. The van der Waals surface area contributed by atoms with E-state index in [-0.39, 0.29) is 11.9 Å². The molecule has 0 radical (unpaired) electrons. The summed E-state index contributed by atoms with van der Waals surface area (Å²) in [4.78, 5) is 17.8. The second-order valence-electron chi connectivity index (χ2n) is 7.12. The van der Waals surface area contributed by atoms with Crippen molar-refractivity contribution in [1.82, 2.24) is 15.1 Å². The van der Waals surface area contributed by atoms with E-state index in [9.17, 15) is 10.1 Å². The standard InChI is InChI=1S/C23H28N4OS/c24-18-22(20-8-3-1-4-9-20)27-15-13-26(14-16-27)19-23(28)25-12-7-17-29-21-10-5-2-6-11-21/h1-6,8-11,22H,7,12-17,19H2,(H,25,28)/t22-/m1/s1. The van der Waals surface area contributed by atoms with Gasteiger partial charge >= 0.3 is 0 Å². The number of carbonyl (C=O) groups is 1. The number of hydrogen-bond acceptors (Lipinski definition) is 5. The largest absolute Gasteiger partial charge is 0.355 e. The molecule has 6 heteroatoms. The highest BCUT2D eigenvalue weighted by Gasteiger charge is 2.25. The highest BCUT2D eigenvalue weighted by molar-refractivity contribution is 7.99. The third-order valence-electron chi connectivity index (χ3n) is 5.03. The van der Waals surface area contributed by atoms with E-state index in [0.717, 1.165) is 43.9 Å². The molecular weight excluding hydrogens is 380 g/mol. The zero-order valence-corrected chi connectivity index (χ0v) is 17.5. The normalized spacial score (nSPS) is 16.1. The van der Waals surface area contributed by atoms with Gasteiger partial charge in [-0.05, 0) is 29.9 Å². The molecule has 0 aliphatic carbocycles. The van der Waals surface area contributed by atoms with E-state index in [1.165, 1.54) is 4.90 Å². The summed E-state index contributed by atoms with van der Waals surface area (Å²) in [6.45, 7) is 4.36. The maximum absolute atomic E-state index is 12.2. The molecule has 0 bridgehead atoms. The first kappa shape index (κ1) is 21.4. The Morgan fingerprint density at radius 2 is 1.69 bits per heavy atom. The van der Waals surface area contributed by atoms with Crippen LogP contribution in [0.1, 0.15) is 18.0 Å². The fourth-order valence-corrected chi connectivity index (χ4v) is 4.32. The summed E-state index contributed by atoms with van der Waals surface area (Å²) in [7, 11) is 0. The van der Waals surface area contributed by atoms with Crippen molar-refractivity contribution in [2.24, 2.45) is 0 Å². The van der Waals surface area contributed by atoms with E-state index in [0.29, 0.717) is 13.1 Å². The van der Waals surface area contributed by atoms with E-state index >= 15 is 0 Å². The highest BCUT2D eigenvalue weighted by atomic mass is 32.2. The molecule has 152 valence electrons. The molecule has 0 aromatic heterocycles. The number of carbonyl (C=O) groups excluding carboxylic acids is 1. The number of nitriles is 1. The van der Waals surface area contributed by atoms with Gasteiger partial charge in [0.15, 0.2) is 0 Å². The van der Waals surface area contributed by atoms with E-state index < -0.39 is 0 Å². The summed E-state index contributed by atoms with van der Waals surface area (Å²) < 4.78 is 0. The van der Waals surface area contributed by atoms with Crippen molar-refractivity contribution in [1.29, 1.82) is 5.26 Å². The smallest absolute Gasteiger partial charge is 0.234 e. The maximum atomic E-state index is 12.2. The number of nitrogens with one attached hydrogen (secondary N) is 1. The minimum atomic E-state index is -0.214. The first-order chi connectivity index (χ1) is 14.3. The molecule has 1 amide bonds. The van der Waals surface area contributed by atoms with Gasteiger partial charge in [0, 0.05) is 37.6 Å². The molecule has 3 rings (SSSR count). The lowest BCUT2D eigenvalue weighted by Crippen LogP contribution is -2.50. The predicted molar refractivity (Wildman–Crippen MR) is 118 cm³/mol. The average molecular weight is 409 g/mol. The summed E-state index contributed by atoms with van der Waals surface area (Å²) in [5, 5.41) is 12.6. The van der Waals surface area contributed by atoms with Gasteiger partial charge in [-0.15, -0.1) is 11.8 Å². The quantitative estimate of drug-likeness (QED) is 0.510. The fourth-order valence-electron chi connectivity index (χ4n) is 3.45. The van der Waals surface area contributed by atoms with Crippen LogP contribution in [-0.2, 0) is 4.79 Å². The van der Waals surface area contributed by atoms with Crippen molar-refractivity contribution in [3.63, 3.8) is 0 Å². The van der Waals surface area contributed by atoms with Crippen LogP contribution in [0.5, 0.6) is 0 Å². The maximum Gasteiger partial charge on any atom is 0.234 e. The van der Waals surface area contributed by atoms with Crippen LogP contribution in [0.15, 0.2) is 65.6 Å². The molecule has 1 fully saturated rings. The Labute approximate surface area is 177 Å². The van der Waals surface area contributed by atoms with Gasteiger partial charge in [-0.25, -0.2) is 0 Å². The SMILES string of the molecule is N#C[C@H](c1ccccc1)N1CCN(CC(=O)NCCCSc2ccccc2)CC1. The lowest BCUT2D eigenvalue weighted by atomic mass is 10.1. The number of nitrogens with zero attached hydrogens (tertiary/aromatic N) is 3. The molecule has 1 N–H and O–H groups in total. The van der Waals surface area contributed by atoms with Crippen LogP contribution in [-0.4, -0.2) is 60.7 Å². The molecular formula is C23H28N4OS. The molecule has 1 aliphatic rings. The fraction of sp³-hybridized carbons (Fsp3) is 0.391. The molecule has 1 atom stereocenters. The number of benzene rings is 2. The van der Waals surface area contributed by atoms with Gasteiger partial charge < -0.3 is 5.32 Å². The topological polar surface area (TPSA) is 59.4 Å². The van der Waals surface area contributed by atoms with Crippen LogP contribution in [0.4, 0.5) is 0 Å². The minimum absolute atomic E-state index is 0.0862. The van der Waals surface area contributed by atoms with E-state index in [1.807, 2.05) is 60.3 Å². The van der Waals surface area contributed by atoms with Crippen molar-refractivity contribution in [3.8, 4) is 6.07 Å². The van der Waals surface area contributed by atoms with Crippen molar-refractivity contribution in [3.05, 3.63) is 66.2 Å². The van der Waals surface area contributed by atoms with Gasteiger partial charge in [0.25, 0.3) is 0 Å². The molecule has 2 aromatic rings. The molecule has 1 saturated heterocycles. The number of thioether (sulfide) groups is 1. The Hall–Kier alpha value is -2.33. The van der Waals surface area contributed by atoms with Crippen LogP contribution in [0.2, 0.25) is 0 Å². The van der Waals surface area contributed by atoms with Crippen molar-refractivity contribution in [2.75, 3.05) is 45.0 Å². The van der Waals surface area contributed by atoms with Gasteiger partial charge in [-0.3, -0.25) is 14.6 Å². The van der Waals surface area contributed by atoms with Gasteiger partial charge in [-0.2, -0.15) is 5.26 Å². The predicted octanol–water partition coefficient (Wildman–Crippen LogP) is 3.17. The molecule has 5 nitrogen and oxygen atoms in total. The first-order valence-corrected chi connectivity index (χ1v) is 11.1. The molecule has 2 aromatic carbocycles. The molecule has 1 aliphatic heterocycles. The zero-order chi connectivity index (χ0) is 20.3. The zero-order valence-electron chi connectivity index (χ0n) is 16.7. The van der Waals surface area contributed by atoms with Crippen molar-refractivity contribution < 1.29 is 4.79 Å². The van der Waals surface area contributed by atoms with Crippen molar-refractivity contribution >= 4 is 17.7 Å². The lowest BCUT2D eigenvalue weighted by Gasteiger charge is -2.36. The number of piperazine rings is 1.